The molecule has 0 aliphatic heterocycles. The molecule has 1 heterocycles. The molecule has 0 spiro atoms. The van der Waals surface area contributed by atoms with Crippen molar-refractivity contribution >= 4 is 17.5 Å². The number of aromatic nitrogens is 2. The fourth-order valence-electron chi connectivity index (χ4n) is 1.54. The number of carbonyl (C=O) groups is 1. The summed E-state index contributed by atoms with van der Waals surface area (Å²) < 4.78 is 51.4. The number of alkyl halides is 3. The Balaban J connectivity index is 2.35. The third kappa shape index (κ3) is 3.44. The Morgan fingerprint density at radius 1 is 1.29 bits per heavy atom. The van der Waals surface area contributed by atoms with Crippen LogP contribution in [0.5, 0.6) is 0 Å². The fourth-order valence-corrected chi connectivity index (χ4v) is 1.54. The lowest BCUT2D eigenvalue weighted by molar-refractivity contribution is -0.141. The van der Waals surface area contributed by atoms with E-state index in [0.717, 1.165) is 12.1 Å². The van der Waals surface area contributed by atoms with Gasteiger partial charge in [-0.05, 0) is 18.2 Å². The lowest BCUT2D eigenvalue weighted by Gasteiger charge is -2.12. The van der Waals surface area contributed by atoms with Gasteiger partial charge in [0.25, 0.3) is 5.91 Å². The second kappa shape index (κ2) is 5.35. The Morgan fingerprint density at radius 2 is 2.00 bits per heavy atom. The van der Waals surface area contributed by atoms with Crippen molar-refractivity contribution in [1.29, 1.82) is 0 Å². The highest BCUT2D eigenvalue weighted by Gasteiger charge is 2.38. The van der Waals surface area contributed by atoms with E-state index in [2.05, 4.69) is 15.3 Å². The Hall–Kier alpha value is -2.71. The van der Waals surface area contributed by atoms with Gasteiger partial charge in [0.15, 0.2) is 5.69 Å². The first-order valence-corrected chi connectivity index (χ1v) is 5.54. The van der Waals surface area contributed by atoms with Gasteiger partial charge in [-0.15, -0.1) is 0 Å². The van der Waals surface area contributed by atoms with Crippen LogP contribution in [-0.4, -0.2) is 15.9 Å². The number of hydrogen-bond acceptors (Lipinski definition) is 4. The highest BCUT2D eigenvalue weighted by atomic mass is 19.4. The van der Waals surface area contributed by atoms with E-state index in [4.69, 9.17) is 5.73 Å². The van der Waals surface area contributed by atoms with Crippen LogP contribution in [0.4, 0.5) is 29.2 Å². The molecule has 0 fully saturated rings. The van der Waals surface area contributed by atoms with Crippen LogP contribution in [-0.2, 0) is 6.18 Å². The zero-order chi connectivity index (χ0) is 15.6. The van der Waals surface area contributed by atoms with E-state index >= 15 is 0 Å². The van der Waals surface area contributed by atoms with E-state index in [-0.39, 0.29) is 5.69 Å². The Bertz CT molecular complexity index is 687. The van der Waals surface area contributed by atoms with E-state index in [9.17, 15) is 22.4 Å². The topological polar surface area (TPSA) is 80.9 Å². The molecule has 110 valence electrons. The SMILES string of the molecule is Nc1ncc(C(=O)Nc2cccc(F)c2)c(C(F)(F)F)n1. The van der Waals surface area contributed by atoms with Crippen LogP contribution < -0.4 is 11.1 Å². The van der Waals surface area contributed by atoms with E-state index in [1.165, 1.54) is 12.1 Å². The summed E-state index contributed by atoms with van der Waals surface area (Å²) in [6.07, 6.45) is -4.20. The number of hydrogen-bond donors (Lipinski definition) is 2. The summed E-state index contributed by atoms with van der Waals surface area (Å²) in [5, 5.41) is 2.13. The lowest BCUT2D eigenvalue weighted by atomic mass is 10.2. The van der Waals surface area contributed by atoms with Crippen LogP contribution >= 0.6 is 0 Å². The molecule has 0 aliphatic rings. The lowest BCUT2D eigenvalue weighted by Crippen LogP contribution is -2.21. The number of benzene rings is 1. The van der Waals surface area contributed by atoms with Crippen LogP contribution in [0, 0.1) is 5.82 Å². The first-order valence-electron chi connectivity index (χ1n) is 5.54. The monoisotopic (exact) mass is 300 g/mol. The van der Waals surface area contributed by atoms with Crippen molar-refractivity contribution in [1.82, 2.24) is 9.97 Å². The minimum absolute atomic E-state index is 0.00458. The van der Waals surface area contributed by atoms with Crippen molar-refractivity contribution in [2.75, 3.05) is 11.1 Å². The van der Waals surface area contributed by atoms with E-state index in [0.29, 0.717) is 6.20 Å². The molecule has 0 atom stereocenters. The molecule has 1 aromatic heterocycles. The van der Waals surface area contributed by atoms with Crippen molar-refractivity contribution in [3.63, 3.8) is 0 Å². The zero-order valence-electron chi connectivity index (χ0n) is 10.3. The van der Waals surface area contributed by atoms with Crippen molar-refractivity contribution < 1.29 is 22.4 Å². The molecule has 5 nitrogen and oxygen atoms in total. The summed E-state index contributed by atoms with van der Waals surface area (Å²) >= 11 is 0. The van der Waals surface area contributed by atoms with E-state index in [1.54, 1.807) is 0 Å². The highest BCUT2D eigenvalue weighted by Crippen LogP contribution is 2.30. The minimum atomic E-state index is -4.87. The van der Waals surface area contributed by atoms with Gasteiger partial charge < -0.3 is 11.1 Å². The molecule has 0 aliphatic carbocycles. The van der Waals surface area contributed by atoms with Crippen LogP contribution in [0.2, 0.25) is 0 Å². The van der Waals surface area contributed by atoms with Crippen LogP contribution in [0.1, 0.15) is 16.1 Å². The average molecular weight is 300 g/mol. The van der Waals surface area contributed by atoms with Crippen molar-refractivity contribution in [2.24, 2.45) is 0 Å². The standard InChI is InChI=1S/C12H8F4N4O/c13-6-2-1-3-7(4-6)19-10(21)8-5-18-11(17)20-9(8)12(14,15)16/h1-5H,(H,19,21)(H2,17,18,20). The quantitative estimate of drug-likeness (QED) is 0.835. The molecule has 2 rings (SSSR count). The molecule has 1 amide bonds. The highest BCUT2D eigenvalue weighted by molar-refractivity contribution is 6.05. The predicted octanol–water partition coefficient (Wildman–Crippen LogP) is 2.47. The molecule has 0 saturated heterocycles. The number of anilines is 2. The molecular formula is C12H8F4N4O. The number of nitrogens with one attached hydrogen (secondary N) is 1. The maximum Gasteiger partial charge on any atom is 0.434 e. The van der Waals surface area contributed by atoms with Gasteiger partial charge >= 0.3 is 6.18 Å². The molecule has 21 heavy (non-hydrogen) atoms. The van der Waals surface area contributed by atoms with Gasteiger partial charge in [0, 0.05) is 11.9 Å². The molecule has 1 aromatic carbocycles. The number of nitrogens with two attached hydrogens (primary N) is 1. The summed E-state index contributed by atoms with van der Waals surface area (Å²) in [5.74, 6) is -2.37. The Labute approximate surface area is 115 Å². The predicted molar refractivity (Wildman–Crippen MR) is 65.8 cm³/mol. The van der Waals surface area contributed by atoms with E-state index < -0.39 is 35.1 Å². The normalized spacial score (nSPS) is 11.2. The first-order chi connectivity index (χ1) is 9.77. The third-order valence-electron chi connectivity index (χ3n) is 2.40. The zero-order valence-corrected chi connectivity index (χ0v) is 10.3. The van der Waals surface area contributed by atoms with Crippen LogP contribution in [0.25, 0.3) is 0 Å². The van der Waals surface area contributed by atoms with Gasteiger partial charge in [-0.2, -0.15) is 13.2 Å². The Kier molecular flexibility index (Phi) is 3.74. The number of nitrogen functional groups attached to an aromatic ring is 1. The maximum absolute atomic E-state index is 13.0. The molecule has 0 unspecified atom stereocenters. The summed E-state index contributed by atoms with van der Waals surface area (Å²) in [6, 6.07) is 4.72. The van der Waals surface area contributed by atoms with E-state index in [1.807, 2.05) is 0 Å². The smallest absolute Gasteiger partial charge is 0.368 e. The fraction of sp³-hybridized carbons (Fsp3) is 0.0833. The van der Waals surface area contributed by atoms with Crippen LogP contribution in [0.15, 0.2) is 30.5 Å². The van der Waals surface area contributed by atoms with Crippen molar-refractivity contribution in [3.8, 4) is 0 Å². The second-order valence-corrected chi connectivity index (χ2v) is 3.95. The Morgan fingerprint density at radius 3 is 2.62 bits per heavy atom. The van der Waals surface area contributed by atoms with Gasteiger partial charge in [-0.1, -0.05) is 6.07 Å². The molecule has 3 N–H and O–H groups in total. The molecule has 0 saturated carbocycles. The molecule has 0 radical (unpaired) electrons. The van der Waals surface area contributed by atoms with Gasteiger partial charge in [0.1, 0.15) is 5.82 Å². The van der Waals surface area contributed by atoms with Gasteiger partial charge in [0.2, 0.25) is 5.95 Å². The number of rotatable bonds is 2. The minimum Gasteiger partial charge on any atom is -0.368 e. The largest absolute Gasteiger partial charge is 0.434 e. The summed E-state index contributed by atoms with van der Waals surface area (Å²) in [6.45, 7) is 0. The number of carbonyl (C=O) groups excluding carboxylic acids is 1. The van der Waals surface area contributed by atoms with Gasteiger partial charge in [-0.25, -0.2) is 14.4 Å². The number of nitrogens with zero attached hydrogens (tertiary/aromatic N) is 2. The molecular weight excluding hydrogens is 292 g/mol. The van der Waals surface area contributed by atoms with Gasteiger partial charge in [-0.3, -0.25) is 4.79 Å². The average Bonchev–Trinajstić information content (AvgIpc) is 2.37. The molecule has 2 aromatic rings. The summed E-state index contributed by atoms with van der Waals surface area (Å²) in [7, 11) is 0. The van der Waals surface area contributed by atoms with Crippen LogP contribution in [0.3, 0.4) is 0 Å². The third-order valence-corrected chi connectivity index (χ3v) is 2.40. The van der Waals surface area contributed by atoms with Gasteiger partial charge in [0.05, 0.1) is 5.56 Å². The van der Waals surface area contributed by atoms with Crippen molar-refractivity contribution in [2.45, 2.75) is 6.18 Å². The maximum atomic E-state index is 13.0. The number of halogens is 4. The number of amides is 1. The molecule has 9 heteroatoms. The van der Waals surface area contributed by atoms with Crippen molar-refractivity contribution in [3.05, 3.63) is 47.5 Å². The summed E-state index contributed by atoms with van der Waals surface area (Å²) in [4.78, 5) is 18.2. The first kappa shape index (κ1) is 14.7. The second-order valence-electron chi connectivity index (χ2n) is 3.95. The summed E-state index contributed by atoms with van der Waals surface area (Å²) in [5.41, 5.74) is 2.84. The molecule has 0 bridgehead atoms.